The zero-order chi connectivity index (χ0) is 17.0. The Kier molecular flexibility index (Phi) is 4.93. The van der Waals surface area contributed by atoms with Crippen molar-refractivity contribution in [2.75, 3.05) is 10.6 Å². The molecular formula is C17H19FN2O3. The minimum atomic E-state index is -0.662. The zero-order valence-electron chi connectivity index (χ0n) is 12.9. The number of anilines is 2. The number of hydrogen-bond donors (Lipinski definition) is 2. The molecule has 1 aromatic carbocycles. The third-order valence-electron chi connectivity index (χ3n) is 4.05. The number of hydrogen-bond acceptors (Lipinski definition) is 3. The number of Topliss-reactive ketones (excluding diaryl/α,β-unsaturated/α-hetero) is 1. The Hall–Kier alpha value is -2.50. The van der Waals surface area contributed by atoms with Gasteiger partial charge in [-0.05, 0) is 44.0 Å². The Balaban J connectivity index is 2.14. The van der Waals surface area contributed by atoms with Gasteiger partial charge in [0, 0.05) is 12.1 Å². The van der Waals surface area contributed by atoms with Crippen LogP contribution in [0.2, 0.25) is 0 Å². The van der Waals surface area contributed by atoms with E-state index in [0.29, 0.717) is 18.5 Å². The number of ketones is 1. The van der Waals surface area contributed by atoms with Crippen molar-refractivity contribution in [1.29, 1.82) is 0 Å². The first-order chi connectivity index (χ1) is 10.9. The van der Waals surface area contributed by atoms with Crippen molar-refractivity contribution >= 4 is 29.0 Å². The predicted octanol–water partition coefficient (Wildman–Crippen LogP) is 3.04. The van der Waals surface area contributed by atoms with Gasteiger partial charge in [0.25, 0.3) is 0 Å². The summed E-state index contributed by atoms with van der Waals surface area (Å²) < 4.78 is 13.7. The van der Waals surface area contributed by atoms with Crippen molar-refractivity contribution in [3.8, 4) is 0 Å². The molecule has 0 aromatic heterocycles. The third-order valence-corrected chi connectivity index (χ3v) is 4.05. The van der Waals surface area contributed by atoms with Crippen LogP contribution in [-0.2, 0) is 14.4 Å². The summed E-state index contributed by atoms with van der Waals surface area (Å²) in [6.45, 7) is 4.77. The second kappa shape index (κ2) is 6.73. The van der Waals surface area contributed by atoms with E-state index in [1.54, 1.807) is 0 Å². The van der Waals surface area contributed by atoms with Crippen molar-refractivity contribution in [2.24, 2.45) is 5.41 Å². The molecule has 2 N–H and O–H groups in total. The van der Waals surface area contributed by atoms with Crippen molar-refractivity contribution < 1.29 is 18.8 Å². The smallest absolute Gasteiger partial charge is 0.247 e. The minimum absolute atomic E-state index is 0.0297. The van der Waals surface area contributed by atoms with Gasteiger partial charge in [-0.2, -0.15) is 0 Å². The van der Waals surface area contributed by atoms with Crippen molar-refractivity contribution in [2.45, 2.75) is 32.6 Å². The van der Waals surface area contributed by atoms with Gasteiger partial charge in [0.05, 0.1) is 11.1 Å². The average molecular weight is 318 g/mol. The first-order valence-corrected chi connectivity index (χ1v) is 7.40. The first kappa shape index (κ1) is 16.9. The number of rotatable bonds is 6. The molecule has 6 heteroatoms. The fourth-order valence-electron chi connectivity index (χ4n) is 2.71. The van der Waals surface area contributed by atoms with Crippen LogP contribution >= 0.6 is 0 Å². The Morgan fingerprint density at radius 1 is 1.30 bits per heavy atom. The maximum Gasteiger partial charge on any atom is 0.247 e. The summed E-state index contributed by atoms with van der Waals surface area (Å²) in [5.74, 6) is -1.43. The van der Waals surface area contributed by atoms with Gasteiger partial charge in [-0.3, -0.25) is 14.4 Å². The lowest BCUT2D eigenvalue weighted by molar-refractivity contribution is -0.135. The molecule has 2 rings (SSSR count). The quantitative estimate of drug-likeness (QED) is 0.792. The zero-order valence-corrected chi connectivity index (χ0v) is 12.9. The molecule has 0 unspecified atom stereocenters. The van der Waals surface area contributed by atoms with E-state index in [4.69, 9.17) is 0 Å². The normalized spacial score (nSPS) is 15.2. The Morgan fingerprint density at radius 3 is 2.52 bits per heavy atom. The summed E-state index contributed by atoms with van der Waals surface area (Å²) in [6.07, 6.45) is 3.48. The van der Waals surface area contributed by atoms with Crippen molar-refractivity contribution in [3.05, 3.63) is 36.7 Å². The van der Waals surface area contributed by atoms with Crippen LogP contribution in [0.15, 0.2) is 30.9 Å². The van der Waals surface area contributed by atoms with Crippen LogP contribution in [0.3, 0.4) is 0 Å². The molecule has 5 nitrogen and oxygen atoms in total. The molecule has 23 heavy (non-hydrogen) atoms. The van der Waals surface area contributed by atoms with Gasteiger partial charge in [0.15, 0.2) is 0 Å². The van der Waals surface area contributed by atoms with E-state index < -0.39 is 17.1 Å². The van der Waals surface area contributed by atoms with E-state index in [2.05, 4.69) is 17.2 Å². The molecule has 2 amide bonds. The van der Waals surface area contributed by atoms with Crippen molar-refractivity contribution in [3.63, 3.8) is 0 Å². The molecule has 1 fully saturated rings. The van der Waals surface area contributed by atoms with Gasteiger partial charge < -0.3 is 10.6 Å². The molecule has 0 bridgehead atoms. The van der Waals surface area contributed by atoms with Crippen LogP contribution in [0.1, 0.15) is 32.6 Å². The lowest BCUT2D eigenvalue weighted by atomic mass is 9.65. The van der Waals surface area contributed by atoms with Crippen molar-refractivity contribution in [1.82, 2.24) is 0 Å². The molecule has 0 aliphatic heterocycles. The van der Waals surface area contributed by atoms with E-state index >= 15 is 0 Å². The first-order valence-electron chi connectivity index (χ1n) is 7.40. The summed E-state index contributed by atoms with van der Waals surface area (Å²) in [5.41, 5.74) is -0.336. The highest BCUT2D eigenvalue weighted by Crippen LogP contribution is 2.45. The molecular weight excluding hydrogens is 299 g/mol. The molecule has 1 aliphatic rings. The standard InChI is InChI=1S/C17H19FN2O3/c1-3-15(22)20-14-9-12(5-6-13(14)18)19-16(23)17(7-4-8-17)10-11(2)21/h3,5-6,9H,1,4,7-8,10H2,2H3,(H,19,23)(H,20,22). The Bertz CT molecular complexity index is 666. The van der Waals surface area contributed by atoms with Crippen LogP contribution in [0.5, 0.6) is 0 Å². The topological polar surface area (TPSA) is 75.3 Å². The summed E-state index contributed by atoms with van der Waals surface area (Å²) >= 11 is 0. The van der Waals surface area contributed by atoms with E-state index in [9.17, 15) is 18.8 Å². The highest BCUT2D eigenvalue weighted by atomic mass is 19.1. The van der Waals surface area contributed by atoms with Gasteiger partial charge in [0.1, 0.15) is 11.6 Å². The fraction of sp³-hybridized carbons (Fsp3) is 0.353. The van der Waals surface area contributed by atoms with Gasteiger partial charge in [-0.1, -0.05) is 13.0 Å². The number of amides is 2. The van der Waals surface area contributed by atoms with Crippen LogP contribution in [-0.4, -0.2) is 17.6 Å². The van der Waals surface area contributed by atoms with Crippen LogP contribution in [0.25, 0.3) is 0 Å². The van der Waals surface area contributed by atoms with E-state index in [1.165, 1.54) is 19.1 Å². The van der Waals surface area contributed by atoms with Crippen LogP contribution < -0.4 is 10.6 Å². The Labute approximate surface area is 134 Å². The van der Waals surface area contributed by atoms with Gasteiger partial charge in [-0.15, -0.1) is 0 Å². The molecule has 1 aliphatic carbocycles. The molecule has 122 valence electrons. The molecule has 0 atom stereocenters. The number of benzene rings is 1. The summed E-state index contributed by atoms with van der Waals surface area (Å²) in [7, 11) is 0. The van der Waals surface area contributed by atoms with Gasteiger partial charge in [0.2, 0.25) is 11.8 Å². The molecule has 0 radical (unpaired) electrons. The molecule has 0 spiro atoms. The molecule has 1 aromatic rings. The van der Waals surface area contributed by atoms with Crippen LogP contribution in [0, 0.1) is 11.2 Å². The predicted molar refractivity (Wildman–Crippen MR) is 85.4 cm³/mol. The SMILES string of the molecule is C=CC(=O)Nc1cc(NC(=O)C2(CC(C)=O)CCC2)ccc1F. The molecule has 0 heterocycles. The maximum atomic E-state index is 13.7. The van der Waals surface area contributed by atoms with Gasteiger partial charge in [-0.25, -0.2) is 4.39 Å². The highest BCUT2D eigenvalue weighted by molar-refractivity contribution is 6.01. The number of halogens is 1. The number of carbonyl (C=O) groups excluding carboxylic acids is 3. The van der Waals surface area contributed by atoms with E-state index in [1.807, 2.05) is 0 Å². The van der Waals surface area contributed by atoms with E-state index in [0.717, 1.165) is 18.6 Å². The lowest BCUT2D eigenvalue weighted by Crippen LogP contribution is -2.43. The molecule has 1 saturated carbocycles. The highest BCUT2D eigenvalue weighted by Gasteiger charge is 2.44. The second-order valence-electron chi connectivity index (χ2n) is 5.85. The lowest BCUT2D eigenvalue weighted by Gasteiger charge is -2.39. The summed E-state index contributed by atoms with van der Waals surface area (Å²) in [5, 5.41) is 5.05. The maximum absolute atomic E-state index is 13.7. The monoisotopic (exact) mass is 318 g/mol. The third kappa shape index (κ3) is 3.83. The molecule has 0 saturated heterocycles. The Morgan fingerprint density at radius 2 is 2.00 bits per heavy atom. The van der Waals surface area contributed by atoms with Crippen LogP contribution in [0.4, 0.5) is 15.8 Å². The fourth-order valence-corrected chi connectivity index (χ4v) is 2.71. The summed E-state index contributed by atoms with van der Waals surface area (Å²) in [4.78, 5) is 35.1. The second-order valence-corrected chi connectivity index (χ2v) is 5.85. The summed E-state index contributed by atoms with van der Waals surface area (Å²) in [6, 6.07) is 3.92. The largest absolute Gasteiger partial charge is 0.326 e. The number of nitrogens with one attached hydrogen (secondary N) is 2. The van der Waals surface area contributed by atoms with Gasteiger partial charge >= 0.3 is 0 Å². The number of carbonyl (C=O) groups is 3. The average Bonchev–Trinajstić information content (AvgIpc) is 2.45. The van der Waals surface area contributed by atoms with E-state index in [-0.39, 0.29) is 23.8 Å². The minimum Gasteiger partial charge on any atom is -0.326 e.